The summed E-state index contributed by atoms with van der Waals surface area (Å²) < 4.78 is 0.731. The minimum atomic E-state index is 0.339. The van der Waals surface area contributed by atoms with Gasteiger partial charge in [-0.15, -0.1) is 0 Å². The highest BCUT2D eigenvalue weighted by atomic mass is 79.9. The molecular weight excluding hydrogens is 246 g/mol. The van der Waals surface area contributed by atoms with E-state index in [1.54, 1.807) is 12.4 Å². The van der Waals surface area contributed by atoms with Crippen LogP contribution in [0.1, 0.15) is 12.8 Å². The minimum Gasteiger partial charge on any atom is -0.354 e. The lowest BCUT2D eigenvalue weighted by Gasteiger charge is -2.26. The molecular formula is C9H10BrN3O. The van der Waals surface area contributed by atoms with Crippen molar-refractivity contribution in [1.29, 1.82) is 0 Å². The maximum atomic E-state index is 11.0. The zero-order valence-corrected chi connectivity index (χ0v) is 9.20. The van der Waals surface area contributed by atoms with E-state index in [2.05, 4.69) is 30.8 Å². The molecule has 0 unspecified atom stereocenters. The smallest absolute Gasteiger partial charge is 0.147 e. The number of hydrogen-bond acceptors (Lipinski definition) is 4. The van der Waals surface area contributed by atoms with E-state index in [-0.39, 0.29) is 0 Å². The molecule has 14 heavy (non-hydrogen) atoms. The highest BCUT2D eigenvalue weighted by molar-refractivity contribution is 9.10. The lowest BCUT2D eigenvalue weighted by Crippen LogP contribution is -2.34. The van der Waals surface area contributed by atoms with Gasteiger partial charge in [0.2, 0.25) is 0 Å². The maximum Gasteiger partial charge on any atom is 0.147 e. The van der Waals surface area contributed by atoms with Crippen LogP contribution in [-0.2, 0) is 4.79 Å². The molecule has 2 rings (SSSR count). The Morgan fingerprint density at radius 3 is 2.50 bits per heavy atom. The number of carbonyl (C=O) groups excluding carboxylic acids is 1. The summed E-state index contributed by atoms with van der Waals surface area (Å²) in [7, 11) is 0. The second kappa shape index (κ2) is 4.04. The molecule has 0 N–H and O–H groups in total. The molecule has 0 aliphatic carbocycles. The topological polar surface area (TPSA) is 46.1 Å². The Balaban J connectivity index is 2.08. The number of carbonyl (C=O) groups is 1. The van der Waals surface area contributed by atoms with E-state index in [4.69, 9.17) is 0 Å². The summed E-state index contributed by atoms with van der Waals surface area (Å²) >= 11 is 3.23. The summed E-state index contributed by atoms with van der Waals surface area (Å²) in [5, 5.41) is 0. The van der Waals surface area contributed by atoms with Crippen molar-refractivity contribution < 1.29 is 4.79 Å². The normalized spacial score (nSPS) is 17.2. The summed E-state index contributed by atoms with van der Waals surface area (Å²) in [6.07, 6.45) is 4.64. The monoisotopic (exact) mass is 255 g/mol. The van der Waals surface area contributed by atoms with Gasteiger partial charge in [-0.1, -0.05) is 0 Å². The molecule has 0 radical (unpaired) electrons. The summed E-state index contributed by atoms with van der Waals surface area (Å²) in [5.41, 5.74) is 0. The van der Waals surface area contributed by atoms with E-state index in [1.165, 1.54) is 0 Å². The summed E-state index contributed by atoms with van der Waals surface area (Å²) in [6.45, 7) is 1.52. The largest absolute Gasteiger partial charge is 0.354 e. The number of piperidine rings is 1. The van der Waals surface area contributed by atoms with E-state index < -0.39 is 0 Å². The van der Waals surface area contributed by atoms with E-state index in [1.807, 2.05) is 0 Å². The molecule has 4 nitrogen and oxygen atoms in total. The van der Waals surface area contributed by atoms with Gasteiger partial charge in [-0.3, -0.25) is 4.79 Å². The molecule has 1 aliphatic rings. The molecule has 5 heteroatoms. The van der Waals surface area contributed by atoms with Crippen molar-refractivity contribution in [2.75, 3.05) is 18.0 Å². The van der Waals surface area contributed by atoms with Crippen LogP contribution in [0.3, 0.4) is 0 Å². The van der Waals surface area contributed by atoms with Crippen molar-refractivity contribution in [3.63, 3.8) is 0 Å². The molecule has 0 spiro atoms. The molecule has 1 saturated heterocycles. The van der Waals surface area contributed by atoms with E-state index in [0.717, 1.165) is 23.5 Å². The first-order valence-electron chi connectivity index (χ1n) is 4.50. The molecule has 0 bridgehead atoms. The standard InChI is InChI=1S/C9H10BrN3O/c10-8-5-12-9(6-11-8)13-3-1-7(14)2-4-13/h5-6H,1-4H2. The fraction of sp³-hybridized carbons (Fsp3) is 0.444. The number of nitrogens with zero attached hydrogens (tertiary/aromatic N) is 3. The van der Waals surface area contributed by atoms with Gasteiger partial charge in [-0.2, -0.15) is 0 Å². The zero-order valence-electron chi connectivity index (χ0n) is 7.61. The van der Waals surface area contributed by atoms with Gasteiger partial charge in [0, 0.05) is 25.9 Å². The van der Waals surface area contributed by atoms with Gasteiger partial charge in [0.05, 0.1) is 12.4 Å². The van der Waals surface area contributed by atoms with Crippen LogP contribution in [0.25, 0.3) is 0 Å². The summed E-state index contributed by atoms with van der Waals surface area (Å²) in [5.74, 6) is 1.19. The second-order valence-corrected chi connectivity index (χ2v) is 4.04. The van der Waals surface area contributed by atoms with Crippen LogP contribution in [0, 0.1) is 0 Å². The quantitative estimate of drug-likeness (QED) is 0.762. The lowest BCUT2D eigenvalue weighted by atomic mass is 10.1. The van der Waals surface area contributed by atoms with E-state index in [0.29, 0.717) is 18.6 Å². The Hall–Kier alpha value is -0.970. The number of anilines is 1. The Morgan fingerprint density at radius 2 is 1.93 bits per heavy atom. The molecule has 1 fully saturated rings. The van der Waals surface area contributed by atoms with Crippen molar-refractivity contribution in [1.82, 2.24) is 9.97 Å². The predicted octanol–water partition coefficient (Wildman–Crippen LogP) is 1.41. The van der Waals surface area contributed by atoms with Crippen LogP contribution in [0.15, 0.2) is 17.0 Å². The number of Topliss-reactive ketones (excluding diaryl/α,β-unsaturated/α-hetero) is 1. The SMILES string of the molecule is O=C1CCN(c2cnc(Br)cn2)CC1. The van der Waals surface area contributed by atoms with Crippen molar-refractivity contribution in [3.8, 4) is 0 Å². The molecule has 0 atom stereocenters. The van der Waals surface area contributed by atoms with Crippen LogP contribution >= 0.6 is 15.9 Å². The van der Waals surface area contributed by atoms with Crippen LogP contribution in [0.2, 0.25) is 0 Å². The third kappa shape index (κ3) is 2.09. The molecule has 0 saturated carbocycles. The molecule has 1 aliphatic heterocycles. The molecule has 1 aromatic heterocycles. The Bertz CT molecular complexity index is 328. The van der Waals surface area contributed by atoms with E-state index in [9.17, 15) is 4.79 Å². The minimum absolute atomic E-state index is 0.339. The average molecular weight is 256 g/mol. The maximum absolute atomic E-state index is 11.0. The van der Waals surface area contributed by atoms with Crippen molar-refractivity contribution in [2.45, 2.75) is 12.8 Å². The first kappa shape index (κ1) is 9.58. The number of aromatic nitrogens is 2. The van der Waals surface area contributed by atoms with Crippen LogP contribution in [0.5, 0.6) is 0 Å². The van der Waals surface area contributed by atoms with Gasteiger partial charge in [0.1, 0.15) is 16.2 Å². The highest BCUT2D eigenvalue weighted by Gasteiger charge is 2.17. The molecule has 0 aromatic carbocycles. The van der Waals surface area contributed by atoms with Gasteiger partial charge in [-0.25, -0.2) is 9.97 Å². The number of ketones is 1. The van der Waals surface area contributed by atoms with Gasteiger partial charge >= 0.3 is 0 Å². The van der Waals surface area contributed by atoms with Crippen LogP contribution in [-0.4, -0.2) is 28.8 Å². The van der Waals surface area contributed by atoms with Crippen LogP contribution in [0.4, 0.5) is 5.82 Å². The predicted molar refractivity (Wildman–Crippen MR) is 56.2 cm³/mol. The van der Waals surface area contributed by atoms with Gasteiger partial charge in [0.15, 0.2) is 0 Å². The molecule has 2 heterocycles. The van der Waals surface area contributed by atoms with Crippen LogP contribution < -0.4 is 4.90 Å². The Labute approximate surface area is 90.5 Å². The summed E-state index contributed by atoms with van der Waals surface area (Å²) in [6, 6.07) is 0. The molecule has 1 aromatic rings. The van der Waals surface area contributed by atoms with Crippen molar-refractivity contribution in [2.24, 2.45) is 0 Å². The first-order chi connectivity index (χ1) is 6.75. The number of hydrogen-bond donors (Lipinski definition) is 0. The molecule has 74 valence electrons. The number of rotatable bonds is 1. The van der Waals surface area contributed by atoms with Gasteiger partial charge in [-0.05, 0) is 15.9 Å². The lowest BCUT2D eigenvalue weighted by molar-refractivity contribution is -0.119. The third-order valence-corrected chi connectivity index (χ3v) is 2.66. The van der Waals surface area contributed by atoms with E-state index >= 15 is 0 Å². The van der Waals surface area contributed by atoms with Gasteiger partial charge < -0.3 is 4.90 Å². The van der Waals surface area contributed by atoms with Crippen molar-refractivity contribution >= 4 is 27.5 Å². The van der Waals surface area contributed by atoms with Gasteiger partial charge in [0.25, 0.3) is 0 Å². The average Bonchev–Trinajstić information content (AvgIpc) is 2.21. The Kier molecular flexibility index (Phi) is 2.77. The number of halogens is 1. The first-order valence-corrected chi connectivity index (χ1v) is 5.29. The second-order valence-electron chi connectivity index (χ2n) is 3.22. The third-order valence-electron chi connectivity index (χ3n) is 2.25. The highest BCUT2D eigenvalue weighted by Crippen LogP contribution is 2.15. The summed E-state index contributed by atoms with van der Waals surface area (Å²) in [4.78, 5) is 21.4. The fourth-order valence-electron chi connectivity index (χ4n) is 1.45. The van der Waals surface area contributed by atoms with Crippen molar-refractivity contribution in [3.05, 3.63) is 17.0 Å². The molecule has 0 amide bonds. The zero-order chi connectivity index (χ0) is 9.97. The Morgan fingerprint density at radius 1 is 1.21 bits per heavy atom. The fourth-order valence-corrected chi connectivity index (χ4v) is 1.66.